The van der Waals surface area contributed by atoms with Gasteiger partial charge in [0.25, 0.3) is 0 Å². The summed E-state index contributed by atoms with van der Waals surface area (Å²) in [6.07, 6.45) is 2.72. The van der Waals surface area contributed by atoms with Gasteiger partial charge < -0.3 is 14.4 Å². The highest BCUT2D eigenvalue weighted by Gasteiger charge is 2.37. The van der Waals surface area contributed by atoms with Crippen LogP contribution in [0.1, 0.15) is 26.2 Å². The topological polar surface area (TPSA) is 67.3 Å². The summed E-state index contributed by atoms with van der Waals surface area (Å²) in [5.41, 5.74) is 1.53. The van der Waals surface area contributed by atoms with Gasteiger partial charge in [-0.05, 0) is 61.9 Å². The highest BCUT2D eigenvalue weighted by atomic mass is 32.8. The van der Waals surface area contributed by atoms with E-state index in [4.69, 9.17) is 11.2 Å². The Morgan fingerprint density at radius 3 is 2.57 bits per heavy atom. The zero-order chi connectivity index (χ0) is 20.8. The van der Waals surface area contributed by atoms with Crippen molar-refractivity contribution in [1.82, 2.24) is 8.61 Å². The van der Waals surface area contributed by atoms with E-state index in [-0.39, 0.29) is 11.8 Å². The second-order valence-corrected chi connectivity index (χ2v) is 9.34. The number of likely N-dealkylation sites (N-methyl/N-ethyl adjacent to an activating group) is 2. The molecule has 0 spiro atoms. The molecule has 0 aliphatic carbocycles. The maximum atomic E-state index is 12.6. The smallest absolute Gasteiger partial charge is 0.246 e. The molecule has 2 rings (SSSR count). The Morgan fingerprint density at radius 2 is 2.00 bits per heavy atom. The summed E-state index contributed by atoms with van der Waals surface area (Å²) in [6, 6.07) is 6.80. The van der Waals surface area contributed by atoms with Crippen LogP contribution in [0.15, 0.2) is 24.3 Å². The van der Waals surface area contributed by atoms with E-state index < -0.39 is 16.0 Å². The summed E-state index contributed by atoms with van der Waals surface area (Å²) in [7, 11) is 2.23. The van der Waals surface area contributed by atoms with Crippen molar-refractivity contribution in [1.29, 1.82) is 0 Å². The predicted molar refractivity (Wildman–Crippen MR) is 121 cm³/mol. The number of amides is 2. The Hall–Kier alpha value is -1.04. The van der Waals surface area contributed by atoms with Crippen molar-refractivity contribution in [2.75, 3.05) is 43.5 Å². The van der Waals surface area contributed by atoms with Crippen molar-refractivity contribution in [3.05, 3.63) is 24.3 Å². The van der Waals surface area contributed by atoms with E-state index in [1.54, 1.807) is 16.8 Å². The van der Waals surface area contributed by atoms with Gasteiger partial charge >= 0.3 is 0 Å². The maximum absolute atomic E-state index is 12.6. The second-order valence-electron chi connectivity index (χ2n) is 6.89. The molecule has 7 nitrogen and oxygen atoms in total. The van der Waals surface area contributed by atoms with Crippen LogP contribution in [0.5, 0.6) is 0 Å². The third kappa shape index (κ3) is 5.74. The lowest BCUT2D eigenvalue weighted by molar-refractivity contribution is -0.120. The number of hydrogen-bond acceptors (Lipinski definition) is 5. The number of thiol groups is 1. The molecule has 0 bridgehead atoms. The lowest BCUT2D eigenvalue weighted by Gasteiger charge is -2.23. The van der Waals surface area contributed by atoms with E-state index in [0.29, 0.717) is 19.5 Å². The third-order valence-corrected chi connectivity index (χ3v) is 6.96. The summed E-state index contributed by atoms with van der Waals surface area (Å²) in [5.74, 6) is -0.115. The standard InChI is InChI=1S/C18H28N4O3S3/c1-4-5-11-19(2)13-17(23)20(3)14-6-8-15(9-7-14)21-12-10-16(18(21)24)22(26)28(25)27/h6-9,16,26H,4-5,10-13H2,1-3H3,(H,25,27). The van der Waals surface area contributed by atoms with Gasteiger partial charge in [-0.2, -0.15) is 3.71 Å². The molecule has 1 aliphatic heterocycles. The Balaban J connectivity index is 2.00. The molecule has 1 aliphatic rings. The van der Waals surface area contributed by atoms with Crippen LogP contribution >= 0.6 is 12.8 Å². The molecule has 1 heterocycles. The zero-order valence-electron chi connectivity index (χ0n) is 16.4. The number of carbonyl (C=O) groups excluding carboxylic acids is 2. The molecule has 0 radical (unpaired) electrons. The van der Waals surface area contributed by atoms with Crippen molar-refractivity contribution < 1.29 is 14.1 Å². The number of benzene rings is 1. The third-order valence-electron chi connectivity index (χ3n) is 4.83. The van der Waals surface area contributed by atoms with Crippen molar-refractivity contribution in [2.24, 2.45) is 0 Å². The molecule has 0 aromatic heterocycles. The van der Waals surface area contributed by atoms with Crippen LogP contribution in [-0.2, 0) is 30.7 Å². The maximum Gasteiger partial charge on any atom is 0.246 e. The van der Waals surface area contributed by atoms with Gasteiger partial charge in [0.2, 0.25) is 11.8 Å². The van der Waals surface area contributed by atoms with Gasteiger partial charge in [0.1, 0.15) is 6.04 Å². The van der Waals surface area contributed by atoms with Crippen molar-refractivity contribution in [2.45, 2.75) is 32.2 Å². The first-order valence-corrected chi connectivity index (χ1v) is 11.7. The first-order valence-electron chi connectivity index (χ1n) is 9.21. The zero-order valence-corrected chi connectivity index (χ0v) is 19.0. The van der Waals surface area contributed by atoms with Gasteiger partial charge in [0, 0.05) is 25.0 Å². The van der Waals surface area contributed by atoms with E-state index in [9.17, 15) is 14.1 Å². The molecule has 10 heteroatoms. The molecule has 1 aromatic carbocycles. The van der Waals surface area contributed by atoms with Crippen molar-refractivity contribution >= 4 is 57.1 Å². The second kappa shape index (κ2) is 10.7. The van der Waals surface area contributed by atoms with E-state index in [1.807, 2.05) is 36.2 Å². The number of hydrogen-bond donors (Lipinski definition) is 2. The number of nitrogens with zero attached hydrogens (tertiary/aromatic N) is 4. The lowest BCUT2D eigenvalue weighted by Crippen LogP contribution is -2.38. The van der Waals surface area contributed by atoms with Gasteiger partial charge in [-0.1, -0.05) is 26.2 Å². The van der Waals surface area contributed by atoms with E-state index in [0.717, 1.165) is 30.8 Å². The van der Waals surface area contributed by atoms with E-state index >= 15 is 0 Å². The predicted octanol–water partition coefficient (Wildman–Crippen LogP) is 2.10. The Bertz CT molecular complexity index is 717. The van der Waals surface area contributed by atoms with Gasteiger partial charge in [0.05, 0.1) is 16.5 Å². The van der Waals surface area contributed by atoms with Gasteiger partial charge in [-0.15, -0.1) is 0 Å². The summed E-state index contributed by atoms with van der Waals surface area (Å²) < 4.78 is 10.7. The number of carbonyl (C=O) groups is 2. The van der Waals surface area contributed by atoms with E-state index in [2.05, 4.69) is 19.7 Å². The molecular formula is C18H28N4O3S3. The highest BCUT2D eigenvalue weighted by molar-refractivity contribution is 8.27. The minimum atomic E-state index is -1.48. The van der Waals surface area contributed by atoms with Crippen molar-refractivity contribution in [3.63, 3.8) is 0 Å². The lowest BCUT2D eigenvalue weighted by atomic mass is 10.2. The summed E-state index contributed by atoms with van der Waals surface area (Å²) in [4.78, 5) is 30.4. The van der Waals surface area contributed by atoms with Gasteiger partial charge in [-0.25, -0.2) is 0 Å². The quantitative estimate of drug-likeness (QED) is 0.569. The monoisotopic (exact) mass is 444 g/mol. The van der Waals surface area contributed by atoms with Crippen LogP contribution in [0.4, 0.5) is 11.4 Å². The average molecular weight is 445 g/mol. The van der Waals surface area contributed by atoms with Gasteiger partial charge in [0.15, 0.2) is 0 Å². The fraction of sp³-hybridized carbons (Fsp3) is 0.556. The molecule has 156 valence electrons. The number of anilines is 2. The summed E-state index contributed by atoms with van der Waals surface area (Å²) in [6.45, 7) is 3.93. The SMILES string of the molecule is CCCCN(C)CC(=O)N(C)c1ccc(N2CCC(N(S)S(O)=S)C2=O)cc1. The average Bonchev–Trinajstić information content (AvgIpc) is 3.06. The number of unbranched alkanes of at least 4 members (excludes halogenated alkanes) is 1. The molecule has 1 N–H and O–H groups in total. The largest absolute Gasteiger partial charge is 0.315 e. The van der Waals surface area contributed by atoms with Crippen LogP contribution in [0, 0.1) is 0 Å². The Kier molecular flexibility index (Phi) is 8.84. The summed E-state index contributed by atoms with van der Waals surface area (Å²) in [5, 5.41) is 0. The first kappa shape index (κ1) is 23.2. The summed E-state index contributed by atoms with van der Waals surface area (Å²) >= 11 is 8.93. The first-order chi connectivity index (χ1) is 13.3. The molecule has 1 saturated heterocycles. The fourth-order valence-corrected chi connectivity index (χ4v) is 4.02. The minimum absolute atomic E-state index is 0.0230. The normalized spacial score (nSPS) is 18.2. The molecular weight excluding hydrogens is 416 g/mol. The Labute approximate surface area is 179 Å². The number of rotatable bonds is 9. The molecule has 2 unspecified atom stereocenters. The van der Waals surface area contributed by atoms with Crippen LogP contribution in [-0.4, -0.2) is 64.7 Å². The minimum Gasteiger partial charge on any atom is -0.315 e. The van der Waals surface area contributed by atoms with Crippen LogP contribution < -0.4 is 9.80 Å². The molecule has 28 heavy (non-hydrogen) atoms. The molecule has 2 amide bonds. The molecule has 0 saturated carbocycles. The molecule has 1 fully saturated rings. The molecule has 2 atom stereocenters. The van der Waals surface area contributed by atoms with Gasteiger partial charge in [-0.3, -0.25) is 14.5 Å². The molecule has 1 aromatic rings. The highest BCUT2D eigenvalue weighted by Crippen LogP contribution is 2.27. The fourth-order valence-electron chi connectivity index (χ4n) is 3.08. The van der Waals surface area contributed by atoms with Crippen molar-refractivity contribution in [3.8, 4) is 0 Å². The van der Waals surface area contributed by atoms with Crippen LogP contribution in [0.2, 0.25) is 0 Å². The van der Waals surface area contributed by atoms with E-state index in [1.165, 1.54) is 3.71 Å². The Morgan fingerprint density at radius 1 is 1.36 bits per heavy atom. The van der Waals surface area contributed by atoms with Crippen LogP contribution in [0.3, 0.4) is 0 Å². The van der Waals surface area contributed by atoms with Crippen LogP contribution in [0.25, 0.3) is 0 Å².